The van der Waals surface area contributed by atoms with Crippen LogP contribution in [0.25, 0.3) is 0 Å². The van der Waals surface area contributed by atoms with E-state index in [1.165, 1.54) is 11.1 Å². The summed E-state index contributed by atoms with van der Waals surface area (Å²) in [6.07, 6.45) is 13.8. The number of allylic oxidation sites excluding steroid dienone is 5. The van der Waals surface area contributed by atoms with E-state index in [2.05, 4.69) is 46.8 Å². The molecule has 4 aliphatic rings. The minimum Gasteiger partial charge on any atom is -0.481 e. The number of carboxylic acids is 1. The Hall–Kier alpha value is -1.39. The number of hydrogen-bond donors (Lipinski definition) is 3. The highest BCUT2D eigenvalue weighted by Crippen LogP contribution is 2.71. The molecule has 0 spiro atoms. The summed E-state index contributed by atoms with van der Waals surface area (Å²) in [7, 11) is 0. The minimum atomic E-state index is -0.673. The number of carboxylic acid groups (broad SMARTS) is 1. The number of carbonyl (C=O) groups is 1. The number of aliphatic carboxylic acids is 1. The van der Waals surface area contributed by atoms with Crippen molar-refractivity contribution in [3.63, 3.8) is 0 Å². The SMILES string of the molecule is CC(=CCCC(C(=O)O)C1CCC2(C)C3=CCC4C(C)(CCC(O)C4(C)C)C3=CCC12C)CO. The van der Waals surface area contributed by atoms with E-state index >= 15 is 0 Å². The Morgan fingerprint density at radius 2 is 1.82 bits per heavy atom. The molecule has 4 rings (SSSR count). The zero-order chi connectivity index (χ0) is 25.1. The molecule has 190 valence electrons. The van der Waals surface area contributed by atoms with Crippen molar-refractivity contribution in [1.82, 2.24) is 0 Å². The Labute approximate surface area is 206 Å². The van der Waals surface area contributed by atoms with E-state index in [9.17, 15) is 20.1 Å². The van der Waals surface area contributed by atoms with Gasteiger partial charge in [-0.25, -0.2) is 0 Å². The highest BCUT2D eigenvalue weighted by Gasteiger charge is 2.63. The molecule has 0 aliphatic heterocycles. The largest absolute Gasteiger partial charge is 0.481 e. The molecule has 3 N–H and O–H groups in total. The predicted octanol–water partition coefficient (Wildman–Crippen LogP) is 6.29. The molecule has 0 aromatic carbocycles. The van der Waals surface area contributed by atoms with Gasteiger partial charge in [-0.05, 0) is 103 Å². The second kappa shape index (κ2) is 8.62. The maximum Gasteiger partial charge on any atom is 0.306 e. The normalized spacial score (nSPS) is 42.1. The molecule has 34 heavy (non-hydrogen) atoms. The molecule has 7 atom stereocenters. The van der Waals surface area contributed by atoms with Gasteiger partial charge in [-0.1, -0.05) is 58.4 Å². The molecule has 4 heteroatoms. The lowest BCUT2D eigenvalue weighted by Gasteiger charge is -2.61. The molecule has 0 aromatic rings. The average Bonchev–Trinajstić information content (AvgIpc) is 3.05. The van der Waals surface area contributed by atoms with Crippen molar-refractivity contribution in [2.45, 2.75) is 99.0 Å². The van der Waals surface area contributed by atoms with Crippen LogP contribution in [-0.4, -0.2) is 34.0 Å². The van der Waals surface area contributed by atoms with E-state index in [1.54, 1.807) is 0 Å². The smallest absolute Gasteiger partial charge is 0.306 e. The molecule has 0 bridgehead atoms. The number of hydrogen-bond acceptors (Lipinski definition) is 3. The fraction of sp³-hybridized carbons (Fsp3) is 0.767. The second-order valence-electron chi connectivity index (χ2n) is 13.1. The first-order chi connectivity index (χ1) is 15.8. The molecule has 0 heterocycles. The molecule has 2 fully saturated rings. The van der Waals surface area contributed by atoms with Gasteiger partial charge < -0.3 is 15.3 Å². The topological polar surface area (TPSA) is 77.8 Å². The van der Waals surface area contributed by atoms with Gasteiger partial charge in [0.2, 0.25) is 0 Å². The van der Waals surface area contributed by atoms with E-state index in [1.807, 2.05) is 13.0 Å². The van der Waals surface area contributed by atoms with Crippen molar-refractivity contribution in [1.29, 1.82) is 0 Å². The number of rotatable bonds is 6. The molecule has 0 saturated heterocycles. The van der Waals surface area contributed by atoms with Gasteiger partial charge in [-0.3, -0.25) is 4.79 Å². The Morgan fingerprint density at radius 1 is 1.12 bits per heavy atom. The van der Waals surface area contributed by atoms with Crippen molar-refractivity contribution in [2.75, 3.05) is 6.61 Å². The summed E-state index contributed by atoms with van der Waals surface area (Å²) >= 11 is 0. The van der Waals surface area contributed by atoms with Crippen LogP contribution in [0.5, 0.6) is 0 Å². The van der Waals surface area contributed by atoms with Crippen molar-refractivity contribution < 1.29 is 20.1 Å². The summed E-state index contributed by atoms with van der Waals surface area (Å²) in [5.41, 5.74) is 3.77. The Morgan fingerprint density at radius 3 is 2.47 bits per heavy atom. The standard InChI is InChI=1S/C30H46O4/c1-19(18-31)8-7-9-20(26(33)34)21-12-16-30(6)23-10-11-24-27(2,3)25(32)14-15-28(24,4)22(23)13-17-29(21,30)5/h8,10,13,20-21,24-25,31-32H,7,9,11-12,14-18H2,1-6H3,(H,33,34). The van der Waals surface area contributed by atoms with Crippen molar-refractivity contribution >= 4 is 5.97 Å². The summed E-state index contributed by atoms with van der Waals surface area (Å²) in [5, 5.41) is 30.3. The van der Waals surface area contributed by atoms with Crippen molar-refractivity contribution in [2.24, 2.45) is 39.4 Å². The second-order valence-corrected chi connectivity index (χ2v) is 13.1. The van der Waals surface area contributed by atoms with Crippen LogP contribution in [0.15, 0.2) is 34.9 Å². The van der Waals surface area contributed by atoms with E-state index in [0.29, 0.717) is 18.8 Å². The van der Waals surface area contributed by atoms with Gasteiger partial charge in [0.1, 0.15) is 0 Å². The van der Waals surface area contributed by atoms with E-state index < -0.39 is 5.97 Å². The maximum atomic E-state index is 12.5. The molecule has 0 radical (unpaired) electrons. The van der Waals surface area contributed by atoms with Gasteiger partial charge in [-0.2, -0.15) is 0 Å². The first kappa shape index (κ1) is 25.7. The molecule has 0 amide bonds. The van der Waals surface area contributed by atoms with Gasteiger partial charge in [-0.15, -0.1) is 0 Å². The van der Waals surface area contributed by atoms with Crippen LogP contribution in [0.1, 0.15) is 92.9 Å². The zero-order valence-corrected chi connectivity index (χ0v) is 22.2. The van der Waals surface area contributed by atoms with Gasteiger partial charge in [0.05, 0.1) is 18.6 Å². The zero-order valence-electron chi connectivity index (χ0n) is 22.2. The van der Waals surface area contributed by atoms with Crippen LogP contribution in [-0.2, 0) is 4.79 Å². The fourth-order valence-corrected chi connectivity index (χ4v) is 8.75. The average molecular weight is 471 g/mol. The Kier molecular flexibility index (Phi) is 6.52. The molecular weight excluding hydrogens is 424 g/mol. The highest BCUT2D eigenvalue weighted by atomic mass is 16.4. The lowest BCUT2D eigenvalue weighted by molar-refractivity contribution is -0.146. The number of fused-ring (bicyclic) bond motifs is 5. The third-order valence-corrected chi connectivity index (χ3v) is 11.3. The summed E-state index contributed by atoms with van der Waals surface area (Å²) in [4.78, 5) is 12.5. The van der Waals surface area contributed by atoms with Crippen LogP contribution in [0.3, 0.4) is 0 Å². The lowest BCUT2D eigenvalue weighted by atomic mass is 9.44. The summed E-state index contributed by atoms with van der Waals surface area (Å²) in [5.74, 6) is -0.460. The molecule has 4 aliphatic carbocycles. The van der Waals surface area contributed by atoms with Crippen LogP contribution in [0.2, 0.25) is 0 Å². The predicted molar refractivity (Wildman–Crippen MR) is 136 cm³/mol. The monoisotopic (exact) mass is 470 g/mol. The third-order valence-electron chi connectivity index (χ3n) is 11.3. The van der Waals surface area contributed by atoms with E-state index in [4.69, 9.17) is 0 Å². The summed E-state index contributed by atoms with van der Waals surface area (Å²) in [6.45, 7) is 13.6. The molecule has 0 aromatic heterocycles. The Bertz CT molecular complexity index is 926. The number of aliphatic hydroxyl groups excluding tert-OH is 2. The minimum absolute atomic E-state index is 0.0134. The van der Waals surface area contributed by atoms with E-state index in [0.717, 1.165) is 44.1 Å². The van der Waals surface area contributed by atoms with Gasteiger partial charge in [0.15, 0.2) is 0 Å². The lowest BCUT2D eigenvalue weighted by Crippen LogP contribution is -2.54. The highest BCUT2D eigenvalue weighted by molar-refractivity contribution is 5.71. The van der Waals surface area contributed by atoms with Gasteiger partial charge >= 0.3 is 5.97 Å². The van der Waals surface area contributed by atoms with Crippen LogP contribution in [0, 0.1) is 39.4 Å². The Balaban J connectivity index is 1.68. The van der Waals surface area contributed by atoms with Crippen LogP contribution in [0.4, 0.5) is 0 Å². The summed E-state index contributed by atoms with van der Waals surface area (Å²) in [6, 6.07) is 0. The molecule has 4 nitrogen and oxygen atoms in total. The molecule has 7 unspecified atom stereocenters. The van der Waals surface area contributed by atoms with Crippen LogP contribution >= 0.6 is 0 Å². The molecule has 2 saturated carbocycles. The maximum absolute atomic E-state index is 12.5. The van der Waals surface area contributed by atoms with Crippen molar-refractivity contribution in [3.8, 4) is 0 Å². The first-order valence-electron chi connectivity index (χ1n) is 13.4. The van der Waals surface area contributed by atoms with Crippen molar-refractivity contribution in [3.05, 3.63) is 34.9 Å². The quantitative estimate of drug-likeness (QED) is 0.399. The fourth-order valence-electron chi connectivity index (χ4n) is 8.75. The third kappa shape index (κ3) is 3.58. The molecular formula is C30H46O4. The number of aliphatic hydroxyl groups is 2. The summed E-state index contributed by atoms with van der Waals surface area (Å²) < 4.78 is 0. The van der Waals surface area contributed by atoms with E-state index in [-0.39, 0.29) is 46.2 Å². The van der Waals surface area contributed by atoms with Gasteiger partial charge in [0, 0.05) is 0 Å². The van der Waals surface area contributed by atoms with Crippen LogP contribution < -0.4 is 0 Å². The first-order valence-corrected chi connectivity index (χ1v) is 13.4. The van der Waals surface area contributed by atoms with Gasteiger partial charge in [0.25, 0.3) is 0 Å².